The zero-order chi connectivity index (χ0) is 10.6. The monoisotopic (exact) mass is 210 g/mol. The number of hydrogen-bond acceptors (Lipinski definition) is 4. The summed E-state index contributed by atoms with van der Waals surface area (Å²) in [4.78, 5) is 11.8. The van der Waals surface area contributed by atoms with Crippen molar-refractivity contribution in [1.82, 2.24) is 5.32 Å². The average molecular weight is 210 g/mol. The third kappa shape index (κ3) is 2.55. The van der Waals surface area contributed by atoms with Gasteiger partial charge in [-0.15, -0.1) is 11.3 Å². The number of nitrogens with zero attached hydrogens (tertiary/aromatic N) is 1. The van der Waals surface area contributed by atoms with Crippen molar-refractivity contribution >= 4 is 17.2 Å². The van der Waals surface area contributed by atoms with Crippen molar-refractivity contribution in [3.8, 4) is 6.07 Å². The van der Waals surface area contributed by atoms with Gasteiger partial charge in [0, 0.05) is 6.54 Å². The molecule has 1 atom stereocenters. The molecule has 14 heavy (non-hydrogen) atoms. The Morgan fingerprint density at radius 2 is 2.57 bits per heavy atom. The number of aliphatic hydroxyl groups excluding tert-OH is 1. The van der Waals surface area contributed by atoms with Gasteiger partial charge in [-0.1, -0.05) is 0 Å². The van der Waals surface area contributed by atoms with Crippen LogP contribution in [0.5, 0.6) is 0 Å². The fourth-order valence-electron chi connectivity index (χ4n) is 0.894. The van der Waals surface area contributed by atoms with Gasteiger partial charge in [0.2, 0.25) is 0 Å². The molecule has 0 bridgehead atoms. The first kappa shape index (κ1) is 10.7. The summed E-state index contributed by atoms with van der Waals surface area (Å²) in [5.74, 6) is -0.308. The van der Waals surface area contributed by atoms with E-state index in [1.54, 1.807) is 18.4 Å². The lowest BCUT2D eigenvalue weighted by Gasteiger charge is -2.05. The third-order valence-corrected chi connectivity index (χ3v) is 2.46. The minimum Gasteiger partial charge on any atom is -0.392 e. The Labute approximate surface area is 85.8 Å². The highest BCUT2D eigenvalue weighted by molar-refractivity contribution is 7.12. The van der Waals surface area contributed by atoms with E-state index in [4.69, 9.17) is 10.4 Å². The normalized spacial score (nSPS) is 11.8. The minimum atomic E-state index is -0.579. The molecule has 0 fully saturated rings. The van der Waals surface area contributed by atoms with Gasteiger partial charge < -0.3 is 10.4 Å². The van der Waals surface area contributed by atoms with E-state index >= 15 is 0 Å². The molecule has 0 spiro atoms. The Morgan fingerprint density at radius 1 is 1.86 bits per heavy atom. The van der Waals surface area contributed by atoms with Crippen molar-refractivity contribution in [2.45, 2.75) is 13.0 Å². The summed E-state index contributed by atoms with van der Waals surface area (Å²) >= 11 is 1.22. The third-order valence-electron chi connectivity index (χ3n) is 1.55. The number of amides is 1. The molecule has 5 heteroatoms. The number of nitriles is 1. The van der Waals surface area contributed by atoms with Gasteiger partial charge in [-0.05, 0) is 18.4 Å². The van der Waals surface area contributed by atoms with E-state index in [1.165, 1.54) is 11.3 Å². The minimum absolute atomic E-state index is 0.196. The summed E-state index contributed by atoms with van der Waals surface area (Å²) in [6.45, 7) is 1.78. The molecule has 1 rings (SSSR count). The van der Waals surface area contributed by atoms with E-state index in [9.17, 15) is 4.79 Å². The Hall–Kier alpha value is -1.38. The summed E-state index contributed by atoms with van der Waals surface area (Å²) in [6, 6.07) is 3.53. The van der Waals surface area contributed by atoms with E-state index in [2.05, 4.69) is 5.32 Å². The van der Waals surface area contributed by atoms with Crippen LogP contribution in [0.1, 0.15) is 22.2 Å². The molecule has 0 saturated heterocycles. The summed E-state index contributed by atoms with van der Waals surface area (Å²) in [5, 5.41) is 21.8. The summed E-state index contributed by atoms with van der Waals surface area (Å²) in [6.07, 6.45) is -0.579. The van der Waals surface area contributed by atoms with Crippen LogP contribution in [0.2, 0.25) is 0 Å². The second-order valence-electron chi connectivity index (χ2n) is 2.83. The first-order valence-corrected chi connectivity index (χ1v) is 4.97. The van der Waals surface area contributed by atoms with E-state index in [0.717, 1.165) is 0 Å². The lowest BCUT2D eigenvalue weighted by Crippen LogP contribution is -2.30. The van der Waals surface area contributed by atoms with Crippen LogP contribution in [-0.4, -0.2) is 23.7 Å². The topological polar surface area (TPSA) is 73.1 Å². The zero-order valence-corrected chi connectivity index (χ0v) is 8.47. The first-order valence-electron chi connectivity index (χ1n) is 4.09. The van der Waals surface area contributed by atoms with Crippen LogP contribution in [0, 0.1) is 11.3 Å². The average Bonchev–Trinajstić information content (AvgIpc) is 2.61. The maximum absolute atomic E-state index is 11.4. The smallest absolute Gasteiger partial charge is 0.262 e. The molecule has 0 aliphatic heterocycles. The molecule has 0 radical (unpaired) electrons. The van der Waals surface area contributed by atoms with Gasteiger partial charge in [-0.3, -0.25) is 4.79 Å². The predicted octanol–water partition coefficient (Wildman–Crippen LogP) is 0.730. The van der Waals surface area contributed by atoms with E-state index in [0.29, 0.717) is 10.4 Å². The number of nitrogens with one attached hydrogen (secondary N) is 1. The quantitative estimate of drug-likeness (QED) is 0.772. The van der Waals surface area contributed by atoms with E-state index < -0.39 is 6.10 Å². The summed E-state index contributed by atoms with van der Waals surface area (Å²) in [7, 11) is 0. The van der Waals surface area contributed by atoms with Crippen LogP contribution in [0.25, 0.3) is 0 Å². The Bertz CT molecular complexity index is 365. The number of thiophene rings is 1. The molecule has 0 saturated carbocycles. The van der Waals surface area contributed by atoms with Gasteiger partial charge in [0.1, 0.15) is 10.9 Å². The van der Waals surface area contributed by atoms with Crippen LogP contribution in [0.4, 0.5) is 0 Å². The largest absolute Gasteiger partial charge is 0.392 e. The van der Waals surface area contributed by atoms with Crippen LogP contribution < -0.4 is 5.32 Å². The molecule has 1 aromatic heterocycles. The molecule has 1 unspecified atom stereocenters. The highest BCUT2D eigenvalue weighted by atomic mass is 32.1. The predicted molar refractivity (Wildman–Crippen MR) is 53.0 cm³/mol. The van der Waals surface area contributed by atoms with Crippen LogP contribution in [0.3, 0.4) is 0 Å². The van der Waals surface area contributed by atoms with Crippen LogP contribution in [0.15, 0.2) is 11.4 Å². The Morgan fingerprint density at radius 3 is 3.14 bits per heavy atom. The molecule has 4 nitrogen and oxygen atoms in total. The van der Waals surface area contributed by atoms with Gasteiger partial charge >= 0.3 is 0 Å². The standard InChI is InChI=1S/C9H10N2O2S/c1-6(12)5-11-9(13)8-7(4-10)2-3-14-8/h2-3,6,12H,5H2,1H3,(H,11,13). The molecule has 1 aromatic rings. The lowest BCUT2D eigenvalue weighted by atomic mass is 10.2. The maximum Gasteiger partial charge on any atom is 0.262 e. The van der Waals surface area contributed by atoms with Gasteiger partial charge in [-0.2, -0.15) is 5.26 Å². The Kier molecular flexibility index (Phi) is 3.63. The molecular weight excluding hydrogens is 200 g/mol. The highest BCUT2D eigenvalue weighted by Gasteiger charge is 2.12. The van der Waals surface area contributed by atoms with Gasteiger partial charge in [-0.25, -0.2) is 0 Å². The van der Waals surface area contributed by atoms with E-state index in [-0.39, 0.29) is 12.5 Å². The SMILES string of the molecule is CC(O)CNC(=O)c1sccc1C#N. The molecule has 2 N–H and O–H groups in total. The molecule has 0 aliphatic rings. The maximum atomic E-state index is 11.4. The van der Waals surface area contributed by atoms with Crippen molar-refractivity contribution in [3.05, 3.63) is 21.9 Å². The Balaban J connectivity index is 2.66. The summed E-state index contributed by atoms with van der Waals surface area (Å²) in [5.41, 5.74) is 0.373. The van der Waals surface area contributed by atoms with Crippen LogP contribution in [-0.2, 0) is 0 Å². The second kappa shape index (κ2) is 4.74. The van der Waals surface area contributed by atoms with Crippen molar-refractivity contribution in [2.24, 2.45) is 0 Å². The first-order chi connectivity index (χ1) is 6.65. The number of rotatable bonds is 3. The molecule has 1 heterocycles. The van der Waals surface area contributed by atoms with Gasteiger partial charge in [0.15, 0.2) is 0 Å². The fourth-order valence-corrected chi connectivity index (χ4v) is 1.65. The number of hydrogen-bond donors (Lipinski definition) is 2. The fraction of sp³-hybridized carbons (Fsp3) is 0.333. The highest BCUT2D eigenvalue weighted by Crippen LogP contribution is 2.15. The zero-order valence-electron chi connectivity index (χ0n) is 7.65. The lowest BCUT2D eigenvalue weighted by molar-refractivity contribution is 0.0928. The number of carbonyl (C=O) groups is 1. The molecule has 1 amide bonds. The number of aliphatic hydroxyl groups is 1. The molecule has 0 aromatic carbocycles. The number of carbonyl (C=O) groups excluding carboxylic acids is 1. The van der Waals surface area contributed by atoms with Crippen molar-refractivity contribution in [3.63, 3.8) is 0 Å². The van der Waals surface area contributed by atoms with Crippen molar-refractivity contribution in [2.75, 3.05) is 6.54 Å². The van der Waals surface area contributed by atoms with E-state index in [1.807, 2.05) is 6.07 Å². The molecule has 74 valence electrons. The molecule has 0 aliphatic carbocycles. The molecular formula is C9H10N2O2S. The second-order valence-corrected chi connectivity index (χ2v) is 3.75. The summed E-state index contributed by atoms with van der Waals surface area (Å²) < 4.78 is 0. The van der Waals surface area contributed by atoms with Crippen molar-refractivity contribution < 1.29 is 9.90 Å². The van der Waals surface area contributed by atoms with Crippen LogP contribution >= 0.6 is 11.3 Å². The van der Waals surface area contributed by atoms with Gasteiger partial charge in [0.05, 0.1) is 11.7 Å². The van der Waals surface area contributed by atoms with Crippen molar-refractivity contribution in [1.29, 1.82) is 5.26 Å². The van der Waals surface area contributed by atoms with Gasteiger partial charge in [0.25, 0.3) is 5.91 Å².